The van der Waals surface area contributed by atoms with Crippen LogP contribution < -0.4 is 4.72 Å². The van der Waals surface area contributed by atoms with Gasteiger partial charge >= 0.3 is 0 Å². The number of anilines is 1. The van der Waals surface area contributed by atoms with Crippen molar-refractivity contribution in [3.63, 3.8) is 0 Å². The Balaban J connectivity index is 2.35. The topological polar surface area (TPSA) is 84.8 Å². The smallest absolute Gasteiger partial charge is 0.261 e. The highest BCUT2D eigenvalue weighted by molar-refractivity contribution is 7.94. The number of hydrogen-bond acceptors (Lipinski definition) is 6. The van der Waals surface area contributed by atoms with E-state index in [1.165, 1.54) is 18.6 Å². The lowest BCUT2D eigenvalue weighted by atomic mass is 10.6. The van der Waals surface area contributed by atoms with Gasteiger partial charge in [-0.25, -0.2) is 18.4 Å². The number of nitrogens with one attached hydrogen (secondary N) is 1. The third-order valence-electron chi connectivity index (χ3n) is 1.77. The van der Waals surface area contributed by atoms with Gasteiger partial charge in [0.1, 0.15) is 0 Å². The summed E-state index contributed by atoms with van der Waals surface area (Å²) in [5.41, 5.74) is 0.358. The van der Waals surface area contributed by atoms with E-state index in [1.807, 2.05) is 0 Å². The molecule has 2 aromatic rings. The lowest BCUT2D eigenvalue weighted by Crippen LogP contribution is -2.13. The number of thiazole rings is 1. The zero-order valence-electron chi connectivity index (χ0n) is 8.58. The van der Waals surface area contributed by atoms with Crippen molar-refractivity contribution in [2.75, 3.05) is 4.72 Å². The number of sulfonamides is 1. The van der Waals surface area contributed by atoms with E-state index in [9.17, 15) is 8.42 Å². The van der Waals surface area contributed by atoms with Crippen molar-refractivity contribution < 1.29 is 8.42 Å². The van der Waals surface area contributed by atoms with Crippen molar-refractivity contribution in [1.82, 2.24) is 15.0 Å². The van der Waals surface area contributed by atoms with Gasteiger partial charge in [0.15, 0.2) is 14.5 Å². The Kier molecular flexibility index (Phi) is 3.27. The molecule has 6 nitrogen and oxygen atoms in total. The second-order valence-corrected chi connectivity index (χ2v) is 6.49. The first-order valence-corrected chi connectivity index (χ1v) is 7.08. The molecule has 2 heterocycles. The first kappa shape index (κ1) is 12.2. The molecular weight excluding hydrogens is 284 g/mol. The number of nitrogens with zero attached hydrogens (tertiary/aromatic N) is 3. The molecule has 90 valence electrons. The van der Waals surface area contributed by atoms with Crippen LogP contribution in [-0.4, -0.2) is 23.4 Å². The number of halogens is 1. The van der Waals surface area contributed by atoms with Crippen molar-refractivity contribution in [2.24, 2.45) is 0 Å². The van der Waals surface area contributed by atoms with E-state index >= 15 is 0 Å². The highest BCUT2D eigenvalue weighted by Gasteiger charge is 2.21. The molecule has 0 aromatic carbocycles. The maximum absolute atomic E-state index is 12.0. The highest BCUT2D eigenvalue weighted by Crippen LogP contribution is 2.27. The molecule has 2 rings (SSSR count). The Hall–Kier alpha value is -1.25. The van der Waals surface area contributed by atoms with Crippen LogP contribution in [0.3, 0.4) is 0 Å². The zero-order chi connectivity index (χ0) is 12.5. The van der Waals surface area contributed by atoms with Crippen LogP contribution in [-0.2, 0) is 10.0 Å². The molecule has 0 spiro atoms. The average molecular weight is 291 g/mol. The van der Waals surface area contributed by atoms with E-state index in [2.05, 4.69) is 19.7 Å². The second kappa shape index (κ2) is 4.55. The summed E-state index contributed by atoms with van der Waals surface area (Å²) in [5, 5.41) is 0. The predicted molar refractivity (Wildman–Crippen MR) is 64.7 cm³/mol. The molecule has 0 saturated heterocycles. The van der Waals surface area contributed by atoms with Crippen LogP contribution in [0.2, 0.25) is 4.47 Å². The first-order chi connectivity index (χ1) is 7.99. The Morgan fingerprint density at radius 3 is 2.71 bits per heavy atom. The zero-order valence-corrected chi connectivity index (χ0v) is 11.0. The third-order valence-corrected chi connectivity index (χ3v) is 5.00. The van der Waals surface area contributed by atoms with E-state index < -0.39 is 10.0 Å². The minimum Gasteiger partial charge on any atom is -0.261 e. The Morgan fingerprint density at radius 1 is 1.41 bits per heavy atom. The summed E-state index contributed by atoms with van der Waals surface area (Å²) in [6.07, 6.45) is 4.16. The van der Waals surface area contributed by atoms with Gasteiger partial charge in [0.05, 0.1) is 11.9 Å². The van der Waals surface area contributed by atoms with Gasteiger partial charge in [0.25, 0.3) is 10.0 Å². The summed E-state index contributed by atoms with van der Waals surface area (Å²) in [4.78, 5) is 11.4. The fourth-order valence-corrected chi connectivity index (χ4v) is 3.87. The van der Waals surface area contributed by atoms with Crippen LogP contribution in [0.4, 0.5) is 5.82 Å². The Bertz CT molecular complexity index is 626. The van der Waals surface area contributed by atoms with Gasteiger partial charge in [-0.2, -0.15) is 0 Å². The van der Waals surface area contributed by atoms with Gasteiger partial charge in [0.2, 0.25) is 0 Å². The molecule has 0 fully saturated rings. The largest absolute Gasteiger partial charge is 0.274 e. The van der Waals surface area contributed by atoms with Crippen molar-refractivity contribution in [3.05, 3.63) is 28.8 Å². The second-order valence-electron chi connectivity index (χ2n) is 3.04. The SMILES string of the molecule is Cc1nc(Cl)sc1S(=O)(=O)Nc1cnccn1. The molecule has 0 aliphatic carbocycles. The fourth-order valence-electron chi connectivity index (χ4n) is 1.14. The molecule has 0 aliphatic rings. The van der Waals surface area contributed by atoms with Gasteiger partial charge in [-0.3, -0.25) is 9.71 Å². The van der Waals surface area contributed by atoms with Crippen LogP contribution in [0.25, 0.3) is 0 Å². The highest BCUT2D eigenvalue weighted by atomic mass is 35.5. The Morgan fingerprint density at radius 2 is 2.18 bits per heavy atom. The maximum Gasteiger partial charge on any atom is 0.274 e. The number of aryl methyl sites for hydroxylation is 1. The van der Waals surface area contributed by atoms with Crippen molar-refractivity contribution >= 4 is 38.8 Å². The van der Waals surface area contributed by atoms with Gasteiger partial charge in [-0.05, 0) is 6.92 Å². The summed E-state index contributed by atoms with van der Waals surface area (Å²) >= 11 is 6.56. The molecule has 9 heteroatoms. The molecule has 17 heavy (non-hydrogen) atoms. The van der Waals surface area contributed by atoms with Crippen LogP contribution >= 0.6 is 22.9 Å². The van der Waals surface area contributed by atoms with E-state index in [0.717, 1.165) is 11.3 Å². The monoisotopic (exact) mass is 290 g/mol. The lowest BCUT2D eigenvalue weighted by Gasteiger charge is -2.04. The van der Waals surface area contributed by atoms with Crippen LogP contribution in [0.5, 0.6) is 0 Å². The van der Waals surface area contributed by atoms with Crippen LogP contribution in [0.15, 0.2) is 22.8 Å². The number of hydrogen-bond donors (Lipinski definition) is 1. The van der Waals surface area contributed by atoms with E-state index in [4.69, 9.17) is 11.6 Å². The number of aromatic nitrogens is 3. The molecule has 0 radical (unpaired) electrons. The van der Waals surface area contributed by atoms with Crippen LogP contribution in [0.1, 0.15) is 5.69 Å². The fraction of sp³-hybridized carbons (Fsp3) is 0.125. The van der Waals surface area contributed by atoms with Crippen molar-refractivity contribution in [2.45, 2.75) is 11.1 Å². The minimum absolute atomic E-state index is 0.0770. The predicted octanol–water partition coefficient (Wildman–Crippen LogP) is 1.70. The van der Waals surface area contributed by atoms with Gasteiger partial charge in [-0.15, -0.1) is 0 Å². The molecule has 0 atom stereocenters. The third kappa shape index (κ3) is 2.71. The summed E-state index contributed by atoms with van der Waals surface area (Å²) in [6, 6.07) is 0. The van der Waals surface area contributed by atoms with Crippen LogP contribution in [0, 0.1) is 6.92 Å². The maximum atomic E-state index is 12.0. The van der Waals surface area contributed by atoms with Crippen molar-refractivity contribution in [3.8, 4) is 0 Å². The molecular formula is C8H7ClN4O2S2. The minimum atomic E-state index is -3.70. The Labute approximate surface area is 107 Å². The standard InChI is InChI=1S/C8H7ClN4O2S2/c1-5-7(16-8(9)12-5)17(14,15)13-6-4-10-2-3-11-6/h2-4H,1H3,(H,11,13). The molecule has 0 saturated carbocycles. The van der Waals surface area contributed by atoms with Gasteiger partial charge in [0, 0.05) is 12.4 Å². The first-order valence-electron chi connectivity index (χ1n) is 4.41. The normalized spacial score (nSPS) is 11.4. The van der Waals surface area contributed by atoms with Gasteiger partial charge < -0.3 is 0 Å². The summed E-state index contributed by atoms with van der Waals surface area (Å²) in [5.74, 6) is 0.149. The lowest BCUT2D eigenvalue weighted by molar-refractivity contribution is 0.602. The summed E-state index contributed by atoms with van der Waals surface area (Å²) in [7, 11) is -3.70. The quantitative estimate of drug-likeness (QED) is 0.930. The molecule has 0 aliphatic heterocycles. The molecule has 0 amide bonds. The number of rotatable bonds is 3. The molecule has 2 aromatic heterocycles. The average Bonchev–Trinajstić information content (AvgIpc) is 2.59. The van der Waals surface area contributed by atoms with Gasteiger partial charge in [-0.1, -0.05) is 22.9 Å². The molecule has 0 bridgehead atoms. The van der Waals surface area contributed by atoms with E-state index in [1.54, 1.807) is 6.92 Å². The summed E-state index contributed by atoms with van der Waals surface area (Å²) in [6.45, 7) is 1.58. The van der Waals surface area contributed by atoms with E-state index in [0.29, 0.717) is 5.69 Å². The molecule has 0 unspecified atom stereocenters. The van der Waals surface area contributed by atoms with E-state index in [-0.39, 0.29) is 14.5 Å². The molecule has 1 N–H and O–H groups in total. The van der Waals surface area contributed by atoms with Crippen molar-refractivity contribution in [1.29, 1.82) is 0 Å². The summed E-state index contributed by atoms with van der Waals surface area (Å²) < 4.78 is 26.5.